The van der Waals surface area contributed by atoms with Crippen LogP contribution in [0.25, 0.3) is 0 Å². The van der Waals surface area contributed by atoms with Gasteiger partial charge >= 0.3 is 0 Å². The van der Waals surface area contributed by atoms with Gasteiger partial charge in [-0.05, 0) is 51.4 Å². The number of hydrogen-bond donors (Lipinski definition) is 0. The molecule has 0 aliphatic heterocycles. The largest absolute Gasteiger partial charge is 0.494 e. The molecule has 0 aromatic carbocycles. The molecule has 0 aliphatic carbocycles. The van der Waals surface area contributed by atoms with Crippen LogP contribution >= 0.6 is 0 Å². The zero-order chi connectivity index (χ0) is 50.4. The van der Waals surface area contributed by atoms with Crippen molar-refractivity contribution in [2.75, 3.05) is 40.0 Å². The molecule has 0 aliphatic rings. The molecule has 0 heterocycles. The summed E-state index contributed by atoms with van der Waals surface area (Å²) >= 11 is 0. The van der Waals surface area contributed by atoms with E-state index >= 15 is 0 Å². The summed E-state index contributed by atoms with van der Waals surface area (Å²) < 4.78 is 47.0. The average molecular weight is 980 g/mol. The van der Waals surface area contributed by atoms with E-state index in [2.05, 4.69) is 55.4 Å². The Labute approximate surface area is 431 Å². The van der Waals surface area contributed by atoms with Crippen molar-refractivity contribution in [1.29, 1.82) is 0 Å². The zero-order valence-corrected chi connectivity index (χ0v) is 48.0. The van der Waals surface area contributed by atoms with Crippen molar-refractivity contribution in [2.45, 2.75) is 337 Å². The summed E-state index contributed by atoms with van der Waals surface area (Å²) in [4.78, 5) is 0. The Hall–Kier alpha value is -1.44. The highest BCUT2D eigenvalue weighted by atomic mass is 16.7. The standard InChI is InChI=1S/C62H122O7/c1-9-17-25-29-33-37-43-51-64-57(49-41-21-13-5)61(66-53-45-39-35-31-27-19-11-3)59(47-23-15-7)68-55-63-56-69-60(48-24-16-8)62(67-54-46-40-36-32-28-20-12-4)58(50-42-22-14-6)65-52-44-38-34-30-26-18-10-2/h59-60H,9-56H2,1-8H3. The molecule has 0 spiro atoms. The topological polar surface area (TPSA) is 64.6 Å². The van der Waals surface area contributed by atoms with Crippen molar-refractivity contribution in [2.24, 2.45) is 0 Å². The zero-order valence-electron chi connectivity index (χ0n) is 48.0. The molecule has 0 amide bonds. The fourth-order valence-electron chi connectivity index (χ4n) is 8.96. The summed E-state index contributed by atoms with van der Waals surface area (Å²) in [7, 11) is 0. The van der Waals surface area contributed by atoms with Crippen molar-refractivity contribution >= 4 is 0 Å². The Bertz CT molecular complexity index is 993. The molecule has 2 unspecified atom stereocenters. The molecule has 2 atom stereocenters. The lowest BCUT2D eigenvalue weighted by Crippen LogP contribution is -2.25. The number of rotatable bonds is 58. The van der Waals surface area contributed by atoms with Gasteiger partial charge in [0.25, 0.3) is 0 Å². The van der Waals surface area contributed by atoms with Gasteiger partial charge in [-0.3, -0.25) is 0 Å². The quantitative estimate of drug-likeness (QED) is 0.0342. The van der Waals surface area contributed by atoms with Crippen LogP contribution in [0.15, 0.2) is 23.0 Å². The highest BCUT2D eigenvalue weighted by molar-refractivity contribution is 5.09. The van der Waals surface area contributed by atoms with Gasteiger partial charge < -0.3 is 33.2 Å². The first-order chi connectivity index (χ1) is 34.1. The Balaban J connectivity index is 6.35. The van der Waals surface area contributed by atoms with Gasteiger partial charge in [-0.1, -0.05) is 261 Å². The molecule has 412 valence electrons. The molecule has 69 heavy (non-hydrogen) atoms. The Morgan fingerprint density at radius 1 is 0.261 bits per heavy atom. The summed E-state index contributed by atoms with van der Waals surface area (Å²) in [5, 5.41) is 0. The molecule has 0 aromatic heterocycles. The number of allylic oxidation sites excluding steroid dienone is 2. The van der Waals surface area contributed by atoms with Crippen molar-refractivity contribution in [1.82, 2.24) is 0 Å². The lowest BCUT2D eigenvalue weighted by molar-refractivity contribution is -0.167. The van der Waals surface area contributed by atoms with E-state index in [-0.39, 0.29) is 25.8 Å². The van der Waals surface area contributed by atoms with Crippen molar-refractivity contribution in [3.63, 3.8) is 0 Å². The van der Waals surface area contributed by atoms with E-state index in [9.17, 15) is 0 Å². The summed E-state index contributed by atoms with van der Waals surface area (Å²) in [6.45, 7) is 21.4. The van der Waals surface area contributed by atoms with Crippen molar-refractivity contribution < 1.29 is 33.2 Å². The third kappa shape index (κ3) is 42.7. The summed E-state index contributed by atoms with van der Waals surface area (Å²) in [5.41, 5.74) is 0. The van der Waals surface area contributed by atoms with E-state index in [4.69, 9.17) is 33.2 Å². The van der Waals surface area contributed by atoms with Crippen LogP contribution in [0.2, 0.25) is 0 Å². The van der Waals surface area contributed by atoms with Gasteiger partial charge in [0.15, 0.2) is 25.1 Å². The molecule has 0 bridgehead atoms. The lowest BCUT2D eigenvalue weighted by Gasteiger charge is -2.26. The Morgan fingerprint density at radius 2 is 0.507 bits per heavy atom. The predicted octanol–water partition coefficient (Wildman–Crippen LogP) is 20.7. The third-order valence-electron chi connectivity index (χ3n) is 13.6. The monoisotopic (exact) mass is 979 g/mol. The molecule has 7 heteroatoms. The molecule has 0 radical (unpaired) electrons. The number of hydrogen-bond acceptors (Lipinski definition) is 7. The van der Waals surface area contributed by atoms with Crippen LogP contribution in [-0.2, 0) is 33.2 Å². The first-order valence-electron chi connectivity index (χ1n) is 30.9. The van der Waals surface area contributed by atoms with Gasteiger partial charge in [0.2, 0.25) is 0 Å². The molecular weight excluding hydrogens is 857 g/mol. The van der Waals surface area contributed by atoms with Crippen LogP contribution in [0.4, 0.5) is 0 Å². The average Bonchev–Trinajstić information content (AvgIpc) is 3.36. The lowest BCUT2D eigenvalue weighted by atomic mass is 10.1. The molecule has 0 saturated heterocycles. The van der Waals surface area contributed by atoms with Crippen molar-refractivity contribution in [3.8, 4) is 0 Å². The molecule has 0 fully saturated rings. The molecular formula is C62H122O7. The maximum atomic E-state index is 6.84. The van der Waals surface area contributed by atoms with Crippen molar-refractivity contribution in [3.05, 3.63) is 23.0 Å². The first-order valence-corrected chi connectivity index (χ1v) is 30.9. The van der Waals surface area contributed by atoms with E-state index in [0.29, 0.717) is 13.2 Å². The third-order valence-corrected chi connectivity index (χ3v) is 13.6. The minimum absolute atomic E-state index is 0.134. The normalized spacial score (nSPS) is 13.3. The molecule has 0 saturated carbocycles. The summed E-state index contributed by atoms with van der Waals surface area (Å²) in [6.07, 6.45) is 49.7. The molecule has 0 N–H and O–H groups in total. The van der Waals surface area contributed by atoms with Crippen LogP contribution in [0.1, 0.15) is 325 Å². The smallest absolute Gasteiger partial charge is 0.162 e. The Kier molecular flexibility index (Phi) is 54.7. The second-order valence-corrected chi connectivity index (χ2v) is 20.4. The number of unbranched alkanes of at least 4 members (excludes halogenated alkanes) is 30. The highest BCUT2D eigenvalue weighted by Gasteiger charge is 2.25. The molecule has 0 aromatic rings. The van der Waals surface area contributed by atoms with E-state index in [1.54, 1.807) is 0 Å². The minimum atomic E-state index is -0.220. The van der Waals surface area contributed by atoms with Crippen LogP contribution in [-0.4, -0.2) is 52.2 Å². The van der Waals surface area contributed by atoms with Gasteiger partial charge in [-0.15, -0.1) is 0 Å². The summed E-state index contributed by atoms with van der Waals surface area (Å²) in [5.74, 6) is 3.85. The number of ether oxygens (including phenoxy) is 7. The maximum Gasteiger partial charge on any atom is 0.162 e. The molecule has 7 nitrogen and oxygen atoms in total. The van der Waals surface area contributed by atoms with E-state index in [0.717, 1.165) is 126 Å². The fraction of sp³-hybridized carbons (Fsp3) is 0.935. The van der Waals surface area contributed by atoms with E-state index in [1.807, 2.05) is 0 Å². The van der Waals surface area contributed by atoms with Gasteiger partial charge in [0.1, 0.15) is 23.7 Å². The van der Waals surface area contributed by atoms with Gasteiger partial charge in [0.05, 0.1) is 26.4 Å². The minimum Gasteiger partial charge on any atom is -0.494 e. The van der Waals surface area contributed by atoms with Gasteiger partial charge in [-0.2, -0.15) is 0 Å². The molecule has 0 rings (SSSR count). The van der Waals surface area contributed by atoms with Crippen LogP contribution in [0, 0.1) is 0 Å². The second-order valence-electron chi connectivity index (χ2n) is 20.4. The predicted molar refractivity (Wildman–Crippen MR) is 298 cm³/mol. The van der Waals surface area contributed by atoms with Gasteiger partial charge in [-0.25, -0.2) is 0 Å². The van der Waals surface area contributed by atoms with Crippen LogP contribution in [0.5, 0.6) is 0 Å². The van der Waals surface area contributed by atoms with Crippen LogP contribution < -0.4 is 0 Å². The van der Waals surface area contributed by atoms with E-state index in [1.165, 1.54) is 180 Å². The van der Waals surface area contributed by atoms with Crippen LogP contribution in [0.3, 0.4) is 0 Å². The fourth-order valence-corrected chi connectivity index (χ4v) is 8.96. The Morgan fingerprint density at radius 3 is 0.797 bits per heavy atom. The SMILES string of the molecule is CCCCCCCCCOC(CCCCC)=C(OCCCCCCCCC)C(CCCC)OCOCOC(CCCC)C(OCCCCCCCCC)=C(CCCCC)OCCCCCCCCC. The second kappa shape index (κ2) is 55.9. The summed E-state index contributed by atoms with van der Waals surface area (Å²) in [6, 6.07) is 0. The van der Waals surface area contributed by atoms with Gasteiger partial charge in [0, 0.05) is 12.8 Å². The maximum absolute atomic E-state index is 6.84. The highest BCUT2D eigenvalue weighted by Crippen LogP contribution is 2.28. The van der Waals surface area contributed by atoms with E-state index < -0.39 is 0 Å². The first kappa shape index (κ1) is 67.6.